The number of hydrogen-bond acceptors (Lipinski definition) is 2. The molecule has 0 aliphatic rings. The van der Waals surface area contributed by atoms with Crippen molar-refractivity contribution in [3.05, 3.63) is 0 Å². The van der Waals surface area contributed by atoms with Crippen molar-refractivity contribution in [1.29, 1.82) is 0 Å². The third-order valence-electron chi connectivity index (χ3n) is 0.674. The zero-order valence-electron chi connectivity index (χ0n) is 4.59. The zero-order valence-corrected chi connectivity index (χ0v) is 4.59. The minimum atomic E-state index is -0.302. The van der Waals surface area contributed by atoms with Crippen LogP contribution in [0.3, 0.4) is 0 Å². The minimum Gasteiger partial charge on any atom is -0.397 e. The van der Waals surface area contributed by atoms with Gasteiger partial charge in [-0.2, -0.15) is 0 Å². The van der Waals surface area contributed by atoms with Crippen molar-refractivity contribution in [2.24, 2.45) is 5.73 Å². The van der Waals surface area contributed by atoms with Crippen LogP contribution in [0, 0.1) is 0 Å². The van der Waals surface area contributed by atoms with E-state index in [2.05, 4.69) is 0 Å². The Bertz CT molecular complexity index is 41.9. The maximum atomic E-state index is 8.57. The number of quaternary nitrogens is 1. The van der Waals surface area contributed by atoms with E-state index in [4.69, 9.17) is 10.8 Å². The second-order valence-electron chi connectivity index (χ2n) is 1.55. The molecule has 0 spiro atoms. The molecule has 0 saturated carbocycles. The summed E-state index contributed by atoms with van der Waals surface area (Å²) in [4.78, 5) is 0. The standard InChI is InChI=1S/C3H11BN2O/c1-4(7)6-3-2-5/h6-7H,2-3,5H2,1H3/p+1. The molecule has 0 bridgehead atoms. The predicted octanol–water partition coefficient (Wildman–Crippen LogP) is -2.38. The van der Waals surface area contributed by atoms with Gasteiger partial charge in [-0.25, -0.2) is 0 Å². The van der Waals surface area contributed by atoms with Crippen LogP contribution in [0.4, 0.5) is 0 Å². The van der Waals surface area contributed by atoms with E-state index >= 15 is 0 Å². The van der Waals surface area contributed by atoms with Gasteiger partial charge in [0.05, 0.1) is 6.54 Å². The van der Waals surface area contributed by atoms with Crippen LogP contribution in [0.1, 0.15) is 0 Å². The Balaban J connectivity index is 2.68. The first kappa shape index (κ1) is 6.94. The zero-order chi connectivity index (χ0) is 5.70. The summed E-state index contributed by atoms with van der Waals surface area (Å²) >= 11 is 0. The SMILES string of the molecule is CB(O)[NH2+]CCN. The molecule has 0 unspecified atom stereocenters. The summed E-state index contributed by atoms with van der Waals surface area (Å²) in [7, 11) is -0.302. The fourth-order valence-electron chi connectivity index (χ4n) is 0.337. The van der Waals surface area contributed by atoms with Crippen LogP contribution < -0.4 is 11.0 Å². The molecule has 0 atom stereocenters. The van der Waals surface area contributed by atoms with Gasteiger partial charge in [0.1, 0.15) is 0 Å². The normalized spacial score (nSPS) is 9.00. The molecule has 0 aromatic heterocycles. The summed E-state index contributed by atoms with van der Waals surface area (Å²) in [5.74, 6) is 0. The van der Waals surface area contributed by atoms with E-state index in [0.29, 0.717) is 6.54 Å². The average molecular weight is 103 g/mol. The van der Waals surface area contributed by atoms with Crippen LogP contribution in [0.25, 0.3) is 0 Å². The monoisotopic (exact) mass is 103 g/mol. The summed E-state index contributed by atoms with van der Waals surface area (Å²) in [6, 6.07) is 0. The molecule has 0 aliphatic carbocycles. The first-order valence-electron chi connectivity index (χ1n) is 2.49. The van der Waals surface area contributed by atoms with Gasteiger partial charge in [-0.15, -0.1) is 0 Å². The molecule has 3 nitrogen and oxygen atoms in total. The van der Waals surface area contributed by atoms with Crippen LogP contribution in [0.2, 0.25) is 6.82 Å². The molecule has 0 saturated heterocycles. The Morgan fingerprint density at radius 3 is 2.57 bits per heavy atom. The molecule has 0 aromatic carbocycles. The highest BCUT2D eigenvalue weighted by atomic mass is 16.2. The van der Waals surface area contributed by atoms with E-state index in [0.717, 1.165) is 6.54 Å². The van der Waals surface area contributed by atoms with E-state index < -0.39 is 0 Å². The average Bonchev–Trinajstić information content (AvgIpc) is 1.61. The van der Waals surface area contributed by atoms with Gasteiger partial charge in [0.25, 0.3) is 0 Å². The summed E-state index contributed by atoms with van der Waals surface area (Å²) in [6.07, 6.45) is 0. The molecular weight excluding hydrogens is 90.9 g/mol. The summed E-state index contributed by atoms with van der Waals surface area (Å²) < 4.78 is 0. The van der Waals surface area contributed by atoms with E-state index in [-0.39, 0.29) is 7.05 Å². The van der Waals surface area contributed by atoms with Gasteiger partial charge in [0.2, 0.25) is 0 Å². The lowest BCUT2D eigenvalue weighted by Gasteiger charge is -1.93. The van der Waals surface area contributed by atoms with Crippen molar-refractivity contribution < 1.29 is 10.3 Å². The maximum Gasteiger partial charge on any atom is 0.565 e. The second-order valence-corrected chi connectivity index (χ2v) is 1.55. The van der Waals surface area contributed by atoms with E-state index in [1.165, 1.54) is 0 Å². The van der Waals surface area contributed by atoms with E-state index in [1.54, 1.807) is 12.1 Å². The van der Waals surface area contributed by atoms with Crippen LogP contribution in [-0.2, 0) is 0 Å². The number of rotatable bonds is 3. The lowest BCUT2D eigenvalue weighted by atomic mass is 9.89. The topological polar surface area (TPSA) is 62.9 Å². The molecule has 0 amide bonds. The van der Waals surface area contributed by atoms with Crippen molar-refractivity contribution in [2.75, 3.05) is 13.1 Å². The lowest BCUT2D eigenvalue weighted by Crippen LogP contribution is -2.93. The summed E-state index contributed by atoms with van der Waals surface area (Å²) in [5.41, 5.74) is 5.13. The highest BCUT2D eigenvalue weighted by molar-refractivity contribution is 6.37. The maximum absolute atomic E-state index is 8.57. The Morgan fingerprint density at radius 2 is 2.43 bits per heavy atom. The molecule has 0 fully saturated rings. The van der Waals surface area contributed by atoms with Crippen LogP contribution in [0.5, 0.6) is 0 Å². The molecule has 42 valence electrons. The van der Waals surface area contributed by atoms with Crippen molar-refractivity contribution >= 4 is 7.05 Å². The van der Waals surface area contributed by atoms with E-state index in [9.17, 15) is 0 Å². The largest absolute Gasteiger partial charge is 0.565 e. The minimum absolute atomic E-state index is 0.302. The molecule has 4 heteroatoms. The molecule has 0 radical (unpaired) electrons. The van der Waals surface area contributed by atoms with Gasteiger partial charge in [-0.3, -0.25) is 0 Å². The summed E-state index contributed by atoms with van der Waals surface area (Å²) in [5, 5.41) is 10.4. The van der Waals surface area contributed by atoms with Crippen molar-refractivity contribution in [2.45, 2.75) is 6.82 Å². The quantitative estimate of drug-likeness (QED) is 0.349. The van der Waals surface area contributed by atoms with Crippen molar-refractivity contribution in [3.8, 4) is 0 Å². The molecule has 7 heavy (non-hydrogen) atoms. The first-order valence-corrected chi connectivity index (χ1v) is 2.49. The van der Waals surface area contributed by atoms with Crippen molar-refractivity contribution in [1.82, 2.24) is 0 Å². The van der Waals surface area contributed by atoms with Crippen LogP contribution >= 0.6 is 0 Å². The Morgan fingerprint density at radius 1 is 1.86 bits per heavy atom. The van der Waals surface area contributed by atoms with Crippen LogP contribution in [-0.4, -0.2) is 25.2 Å². The van der Waals surface area contributed by atoms with Gasteiger partial charge in [0.15, 0.2) is 0 Å². The number of nitrogens with two attached hydrogens (primary N) is 2. The smallest absolute Gasteiger partial charge is 0.397 e. The molecule has 0 rings (SSSR count). The Labute approximate surface area is 44.0 Å². The van der Waals surface area contributed by atoms with Crippen LogP contribution in [0.15, 0.2) is 0 Å². The number of hydrogen-bond donors (Lipinski definition) is 3. The predicted molar refractivity (Wildman–Crippen MR) is 29.7 cm³/mol. The lowest BCUT2D eigenvalue weighted by molar-refractivity contribution is -0.530. The molecular formula is C3H12BN2O+. The van der Waals surface area contributed by atoms with E-state index in [1.807, 2.05) is 0 Å². The van der Waals surface area contributed by atoms with Crippen molar-refractivity contribution in [3.63, 3.8) is 0 Å². The highest BCUT2D eigenvalue weighted by Crippen LogP contribution is 1.45. The molecule has 0 aromatic rings. The highest BCUT2D eigenvalue weighted by Gasteiger charge is 2.05. The second kappa shape index (κ2) is 4.11. The summed E-state index contributed by atoms with van der Waals surface area (Å²) in [6.45, 7) is 3.15. The van der Waals surface area contributed by atoms with Gasteiger partial charge in [0, 0.05) is 13.4 Å². The van der Waals surface area contributed by atoms with Gasteiger partial charge < -0.3 is 16.0 Å². The fraction of sp³-hybridized carbons (Fsp3) is 1.00. The molecule has 5 N–H and O–H groups in total. The van der Waals surface area contributed by atoms with Gasteiger partial charge in [-0.1, -0.05) is 0 Å². The fourth-order valence-corrected chi connectivity index (χ4v) is 0.337. The molecule has 0 heterocycles. The third kappa shape index (κ3) is 5.94. The van der Waals surface area contributed by atoms with Gasteiger partial charge >= 0.3 is 7.05 Å². The van der Waals surface area contributed by atoms with Gasteiger partial charge in [-0.05, 0) is 0 Å². The first-order chi connectivity index (χ1) is 3.27. The Kier molecular flexibility index (Phi) is 4.08. The Hall–Kier alpha value is -0.0551. The molecule has 0 aliphatic heterocycles. The third-order valence-corrected chi connectivity index (χ3v) is 0.674.